The van der Waals surface area contributed by atoms with Crippen LogP contribution < -0.4 is 5.32 Å². The highest BCUT2D eigenvalue weighted by atomic mass is 16.2. The number of anilines is 1. The molecule has 0 aliphatic heterocycles. The lowest BCUT2D eigenvalue weighted by Gasteiger charge is -2.23. The number of hydrogen-bond acceptors (Lipinski definition) is 3. The molecule has 1 unspecified atom stereocenters. The zero-order valence-electron chi connectivity index (χ0n) is 17.3. The molecule has 0 saturated heterocycles. The molecule has 3 aromatic carbocycles. The fourth-order valence-corrected chi connectivity index (χ4v) is 3.54. The fraction of sp³-hybridized carbons (Fsp3) is 0.200. The number of carbonyl (C=O) groups is 1. The van der Waals surface area contributed by atoms with Gasteiger partial charge in [0.1, 0.15) is 0 Å². The molecule has 0 fully saturated rings. The molecule has 0 spiro atoms. The summed E-state index contributed by atoms with van der Waals surface area (Å²) in [5.41, 5.74) is 3.13. The molecule has 0 aliphatic carbocycles. The number of nitrogens with one attached hydrogen (secondary N) is 1. The van der Waals surface area contributed by atoms with E-state index >= 15 is 0 Å². The lowest BCUT2D eigenvalue weighted by atomic mass is 10.1. The van der Waals surface area contributed by atoms with Gasteiger partial charge in [-0.25, -0.2) is 0 Å². The average Bonchev–Trinajstić information content (AvgIpc) is 3.20. The van der Waals surface area contributed by atoms with Crippen LogP contribution in [0.25, 0.3) is 10.8 Å². The molecule has 1 heterocycles. The minimum atomic E-state index is -0.276. The Balaban J connectivity index is 1.38. The number of hydrogen-bond donors (Lipinski definition) is 1. The molecule has 152 valence electrons. The second-order valence-corrected chi connectivity index (χ2v) is 7.64. The maximum Gasteiger partial charge on any atom is 0.241 e. The van der Waals surface area contributed by atoms with Crippen LogP contribution in [0.2, 0.25) is 0 Å². The van der Waals surface area contributed by atoms with Gasteiger partial charge in [0.2, 0.25) is 5.91 Å². The first-order chi connectivity index (χ1) is 14.6. The van der Waals surface area contributed by atoms with Crippen LogP contribution in [0.4, 0.5) is 5.69 Å². The molecule has 0 radical (unpaired) electrons. The van der Waals surface area contributed by atoms with Gasteiger partial charge >= 0.3 is 0 Å². The van der Waals surface area contributed by atoms with E-state index in [-0.39, 0.29) is 11.9 Å². The minimum absolute atomic E-state index is 0.0227. The van der Waals surface area contributed by atoms with Gasteiger partial charge in [0, 0.05) is 29.4 Å². The van der Waals surface area contributed by atoms with Crippen molar-refractivity contribution in [1.29, 1.82) is 0 Å². The van der Waals surface area contributed by atoms with Gasteiger partial charge in [-0.3, -0.25) is 14.4 Å². The van der Waals surface area contributed by atoms with Crippen LogP contribution in [0.5, 0.6) is 0 Å². The summed E-state index contributed by atoms with van der Waals surface area (Å²) in [4.78, 5) is 14.9. The minimum Gasteiger partial charge on any atom is -0.324 e. The second-order valence-electron chi connectivity index (χ2n) is 7.64. The average molecular weight is 399 g/mol. The van der Waals surface area contributed by atoms with Crippen LogP contribution in [0, 0.1) is 0 Å². The van der Waals surface area contributed by atoms with Crippen LogP contribution in [0.3, 0.4) is 0 Å². The zero-order valence-corrected chi connectivity index (χ0v) is 17.3. The first-order valence-electron chi connectivity index (χ1n) is 10.1. The van der Waals surface area contributed by atoms with Gasteiger partial charge in [0.25, 0.3) is 0 Å². The zero-order chi connectivity index (χ0) is 20.9. The van der Waals surface area contributed by atoms with Gasteiger partial charge in [0.05, 0.1) is 18.8 Å². The normalized spacial score (nSPS) is 12.2. The number of rotatable bonds is 7. The number of carbonyl (C=O) groups excluding carboxylic acids is 1. The fourth-order valence-electron chi connectivity index (χ4n) is 3.54. The van der Waals surface area contributed by atoms with Gasteiger partial charge in [-0.05, 0) is 31.0 Å². The van der Waals surface area contributed by atoms with Gasteiger partial charge in [0.15, 0.2) is 0 Å². The van der Waals surface area contributed by atoms with E-state index in [2.05, 4.69) is 22.5 Å². The van der Waals surface area contributed by atoms with E-state index < -0.39 is 0 Å². The number of fused-ring (bicyclic) bond motifs is 1. The molecule has 1 aromatic heterocycles. The third-order valence-corrected chi connectivity index (χ3v) is 5.39. The third kappa shape index (κ3) is 4.58. The summed E-state index contributed by atoms with van der Waals surface area (Å²) >= 11 is 0. The molecule has 5 nitrogen and oxygen atoms in total. The molecule has 0 saturated carbocycles. The molecule has 0 bridgehead atoms. The van der Waals surface area contributed by atoms with Crippen molar-refractivity contribution < 1.29 is 4.79 Å². The van der Waals surface area contributed by atoms with E-state index in [1.54, 1.807) is 0 Å². The first-order valence-corrected chi connectivity index (χ1v) is 10.1. The van der Waals surface area contributed by atoms with E-state index in [9.17, 15) is 4.79 Å². The van der Waals surface area contributed by atoms with Crippen molar-refractivity contribution in [2.75, 3.05) is 12.4 Å². The Hall–Kier alpha value is -3.44. The number of amides is 1. The van der Waals surface area contributed by atoms with Gasteiger partial charge < -0.3 is 5.32 Å². The summed E-state index contributed by atoms with van der Waals surface area (Å²) < 4.78 is 1.93. The number of benzene rings is 3. The number of nitrogens with zero attached hydrogens (tertiary/aromatic N) is 3. The highest BCUT2D eigenvalue weighted by Gasteiger charge is 2.19. The highest BCUT2D eigenvalue weighted by molar-refractivity contribution is 6.03. The van der Waals surface area contributed by atoms with Crippen molar-refractivity contribution in [3.63, 3.8) is 0 Å². The lowest BCUT2D eigenvalue weighted by molar-refractivity contribution is -0.120. The van der Waals surface area contributed by atoms with Crippen LogP contribution in [-0.4, -0.2) is 33.7 Å². The van der Waals surface area contributed by atoms with Gasteiger partial charge in [-0.1, -0.05) is 66.7 Å². The molecule has 30 heavy (non-hydrogen) atoms. The van der Waals surface area contributed by atoms with Crippen LogP contribution >= 0.6 is 0 Å². The number of aromatic nitrogens is 2. The Bertz CT molecular complexity index is 1130. The standard InChI is InChI=1S/C25H26N4O/c1-19(25(30)27-24-14-8-12-22-11-6-7-13-23(22)24)28(2)16-21-15-26-29(18-21)17-20-9-4-3-5-10-20/h3-15,18-19H,16-17H2,1-2H3,(H,27,30). The predicted octanol–water partition coefficient (Wildman–Crippen LogP) is 4.54. The van der Waals surface area contributed by atoms with Crippen molar-refractivity contribution in [3.8, 4) is 0 Å². The Morgan fingerprint density at radius 3 is 2.57 bits per heavy atom. The van der Waals surface area contributed by atoms with E-state index in [4.69, 9.17) is 0 Å². The Morgan fingerprint density at radius 2 is 1.73 bits per heavy atom. The van der Waals surface area contributed by atoms with E-state index in [1.165, 1.54) is 5.56 Å². The first kappa shape index (κ1) is 19.9. The van der Waals surface area contributed by atoms with Gasteiger partial charge in [-0.15, -0.1) is 0 Å². The Morgan fingerprint density at radius 1 is 1.00 bits per heavy atom. The van der Waals surface area contributed by atoms with E-state index in [0.29, 0.717) is 6.54 Å². The van der Waals surface area contributed by atoms with E-state index in [1.807, 2.05) is 96.6 Å². The lowest BCUT2D eigenvalue weighted by Crippen LogP contribution is -2.39. The molecule has 4 aromatic rings. The van der Waals surface area contributed by atoms with Crippen LogP contribution in [0.15, 0.2) is 85.2 Å². The molecule has 4 rings (SSSR count). The number of likely N-dealkylation sites (N-methyl/N-ethyl adjacent to an activating group) is 1. The molecule has 1 atom stereocenters. The molecule has 0 aliphatic rings. The van der Waals surface area contributed by atoms with Crippen LogP contribution in [0.1, 0.15) is 18.1 Å². The topological polar surface area (TPSA) is 50.2 Å². The van der Waals surface area contributed by atoms with Crippen molar-refractivity contribution in [3.05, 3.63) is 96.3 Å². The Kier molecular flexibility index (Phi) is 5.91. The SMILES string of the molecule is CC(C(=O)Nc1cccc2ccccc12)N(C)Cc1cnn(Cc2ccccc2)c1. The van der Waals surface area contributed by atoms with Crippen molar-refractivity contribution in [2.24, 2.45) is 0 Å². The molecule has 1 amide bonds. The van der Waals surface area contributed by atoms with Crippen molar-refractivity contribution in [1.82, 2.24) is 14.7 Å². The Labute approximate surface area is 176 Å². The van der Waals surface area contributed by atoms with Crippen molar-refractivity contribution in [2.45, 2.75) is 26.1 Å². The highest BCUT2D eigenvalue weighted by Crippen LogP contribution is 2.23. The molecular weight excluding hydrogens is 372 g/mol. The van der Waals surface area contributed by atoms with Gasteiger partial charge in [-0.2, -0.15) is 5.10 Å². The summed E-state index contributed by atoms with van der Waals surface area (Å²) in [7, 11) is 1.96. The summed E-state index contributed by atoms with van der Waals surface area (Å²) in [6.45, 7) is 3.31. The molecular formula is C25H26N4O. The quantitative estimate of drug-likeness (QED) is 0.497. The third-order valence-electron chi connectivity index (χ3n) is 5.39. The monoisotopic (exact) mass is 398 g/mol. The summed E-state index contributed by atoms with van der Waals surface area (Å²) in [6, 6.07) is 24.0. The molecule has 5 heteroatoms. The maximum atomic E-state index is 12.9. The second kappa shape index (κ2) is 8.93. The predicted molar refractivity (Wildman–Crippen MR) is 121 cm³/mol. The summed E-state index contributed by atoms with van der Waals surface area (Å²) in [5.74, 6) is -0.0227. The maximum absolute atomic E-state index is 12.9. The molecule has 1 N–H and O–H groups in total. The van der Waals surface area contributed by atoms with Crippen molar-refractivity contribution >= 4 is 22.4 Å². The summed E-state index contributed by atoms with van der Waals surface area (Å²) in [6.07, 6.45) is 3.91. The summed E-state index contributed by atoms with van der Waals surface area (Å²) in [5, 5.41) is 9.71. The van der Waals surface area contributed by atoms with Crippen LogP contribution in [-0.2, 0) is 17.9 Å². The largest absolute Gasteiger partial charge is 0.324 e. The smallest absolute Gasteiger partial charge is 0.241 e. The van der Waals surface area contributed by atoms with E-state index in [0.717, 1.165) is 28.6 Å².